The van der Waals surface area contributed by atoms with E-state index in [-0.39, 0.29) is 63.3 Å². The van der Waals surface area contributed by atoms with Crippen molar-refractivity contribution in [1.29, 1.82) is 0 Å². The Labute approximate surface area is 386 Å². The Balaban J connectivity index is 1.18. The van der Waals surface area contributed by atoms with Crippen LogP contribution in [0.1, 0.15) is 72.3 Å². The number of carbonyl (C=O) groups excluding carboxylic acids is 1. The van der Waals surface area contributed by atoms with Crippen LogP contribution >= 0.6 is 0 Å². The molecule has 11 nitrogen and oxygen atoms in total. The van der Waals surface area contributed by atoms with Gasteiger partial charge in [0.05, 0.1) is 18.2 Å². The van der Waals surface area contributed by atoms with Gasteiger partial charge in [0.25, 0.3) is 5.91 Å². The van der Waals surface area contributed by atoms with Gasteiger partial charge >= 0.3 is 0 Å². The molecule has 2 N–H and O–H groups in total. The number of unbranched alkanes of at least 4 members (excludes halogenated alkanes) is 2. The Morgan fingerprint density at radius 3 is 2.27 bits per heavy atom. The molecule has 2 heterocycles. The van der Waals surface area contributed by atoms with Gasteiger partial charge in [-0.25, -0.2) is 0 Å². The fraction of sp³-hybridized carbons (Fsp3) is 0.345. The minimum absolute atomic E-state index is 0.0545. The van der Waals surface area contributed by atoms with Crippen molar-refractivity contribution in [3.8, 4) is 39.9 Å². The first-order valence-electron chi connectivity index (χ1n) is 23.1. The standard InChI is InChI=1S/C55H58N2O9/c1-3-30-63-55-51(57(2)54(60)41-22-26-49-50(32-41)62-36-61-49)34-47(56-64-35-37-14-6-4-7-15-37)45-31-40(18-10-12-28-58)44(19-11-13-29-59)52(53(45)55)46-33-43(25-27-48(46)66-55)65-42-23-20-39(21-24-42)38-16-8-5-9-17-38/h3-9,14-17,20-27,31-33,40,44,51-53,58-59H,1,10-13,18-19,28-30,34-36H2,2H3. The van der Waals surface area contributed by atoms with E-state index in [0.717, 1.165) is 53.5 Å². The minimum atomic E-state index is -1.40. The molecule has 4 aliphatic rings. The molecule has 0 spiro atoms. The predicted octanol–water partition coefficient (Wildman–Crippen LogP) is 10.5. The molecule has 6 unspecified atom stereocenters. The second-order valence-corrected chi connectivity index (χ2v) is 17.5. The molecule has 11 heteroatoms. The van der Waals surface area contributed by atoms with Crippen molar-refractivity contribution in [2.75, 3.05) is 33.7 Å². The summed E-state index contributed by atoms with van der Waals surface area (Å²) in [6.45, 7) is 4.76. The average molecular weight is 891 g/mol. The van der Waals surface area contributed by atoms with Crippen LogP contribution < -0.4 is 18.9 Å². The third-order valence-electron chi connectivity index (χ3n) is 13.5. The number of benzene rings is 5. The van der Waals surface area contributed by atoms with E-state index in [1.807, 2.05) is 72.8 Å². The van der Waals surface area contributed by atoms with Crippen LogP contribution in [0.4, 0.5) is 0 Å². The van der Waals surface area contributed by atoms with Crippen molar-refractivity contribution >= 4 is 11.6 Å². The zero-order valence-corrected chi connectivity index (χ0v) is 37.4. The number of aliphatic hydroxyl groups is 2. The van der Waals surface area contributed by atoms with Crippen LogP contribution in [0.3, 0.4) is 0 Å². The number of nitrogens with zero attached hydrogens (tertiary/aromatic N) is 2. The number of hydrogen-bond donors (Lipinski definition) is 2. The number of fused-ring (bicyclic) bond motifs is 3. The van der Waals surface area contributed by atoms with Crippen LogP contribution in [-0.2, 0) is 16.2 Å². The Kier molecular flexibility index (Phi) is 13.8. The lowest BCUT2D eigenvalue weighted by Crippen LogP contribution is -2.69. The average Bonchev–Trinajstić information content (AvgIpc) is 3.83. The van der Waals surface area contributed by atoms with Gasteiger partial charge in [-0.15, -0.1) is 6.58 Å². The summed E-state index contributed by atoms with van der Waals surface area (Å²) >= 11 is 0. The Hall–Kier alpha value is -6.40. The van der Waals surface area contributed by atoms with Gasteiger partial charge in [0.15, 0.2) is 11.5 Å². The molecule has 66 heavy (non-hydrogen) atoms. The van der Waals surface area contributed by atoms with E-state index >= 15 is 0 Å². The van der Waals surface area contributed by atoms with Crippen molar-refractivity contribution in [1.82, 2.24) is 4.90 Å². The van der Waals surface area contributed by atoms with Crippen molar-refractivity contribution in [3.05, 3.63) is 162 Å². The maximum atomic E-state index is 14.8. The first-order valence-corrected chi connectivity index (χ1v) is 23.1. The van der Waals surface area contributed by atoms with Gasteiger partial charge in [0.2, 0.25) is 12.6 Å². The lowest BCUT2D eigenvalue weighted by molar-refractivity contribution is -0.252. The summed E-state index contributed by atoms with van der Waals surface area (Å²) in [7, 11) is 1.79. The third-order valence-corrected chi connectivity index (χ3v) is 13.5. The number of hydrogen-bond acceptors (Lipinski definition) is 10. The SMILES string of the molecule is C=CCOC12Oc3ccc(Oc4ccc(-c5ccccc5)cc4)cc3C3C(CCCCO)C(CCCCO)C=C(C(=NOCc4ccccc4)CC1N(C)C(=O)c1ccc4c(c1)OCO4)C32. The summed E-state index contributed by atoms with van der Waals surface area (Å²) in [5.41, 5.74) is 6.27. The number of aliphatic hydroxyl groups excluding tert-OH is 2. The second-order valence-electron chi connectivity index (χ2n) is 17.5. The lowest BCUT2D eigenvalue weighted by Gasteiger charge is -2.59. The van der Waals surface area contributed by atoms with Crippen molar-refractivity contribution in [3.63, 3.8) is 0 Å². The largest absolute Gasteiger partial charge is 0.459 e. The molecule has 0 aromatic heterocycles. The second kappa shape index (κ2) is 20.4. The number of ether oxygens (including phenoxy) is 5. The molecule has 0 bridgehead atoms. The summed E-state index contributed by atoms with van der Waals surface area (Å²) in [5, 5.41) is 25.0. The molecule has 9 rings (SSSR count). The molecular formula is C55H58N2O9. The first-order chi connectivity index (χ1) is 32.4. The molecule has 2 aliphatic carbocycles. The van der Waals surface area contributed by atoms with E-state index in [1.54, 1.807) is 36.2 Å². The summed E-state index contributed by atoms with van der Waals surface area (Å²) in [6, 6.07) is 38.8. The predicted molar refractivity (Wildman–Crippen MR) is 253 cm³/mol. The Morgan fingerprint density at radius 2 is 1.52 bits per heavy atom. The highest BCUT2D eigenvalue weighted by atomic mass is 16.7. The van der Waals surface area contributed by atoms with Crippen molar-refractivity contribution in [2.45, 2.75) is 69.3 Å². The van der Waals surface area contributed by atoms with Crippen LogP contribution in [0.25, 0.3) is 11.1 Å². The molecule has 1 saturated carbocycles. The highest BCUT2D eigenvalue weighted by molar-refractivity contribution is 6.03. The number of rotatable bonds is 19. The van der Waals surface area contributed by atoms with Crippen LogP contribution in [0, 0.1) is 17.8 Å². The quantitative estimate of drug-likeness (QED) is 0.0473. The van der Waals surface area contributed by atoms with Gasteiger partial charge in [0, 0.05) is 43.7 Å². The van der Waals surface area contributed by atoms with Crippen LogP contribution in [0.2, 0.25) is 0 Å². The van der Waals surface area contributed by atoms with Crippen LogP contribution in [-0.4, -0.2) is 72.2 Å². The maximum absolute atomic E-state index is 14.8. The zero-order valence-electron chi connectivity index (χ0n) is 37.4. The lowest BCUT2D eigenvalue weighted by atomic mass is 9.55. The van der Waals surface area contributed by atoms with E-state index in [0.29, 0.717) is 52.9 Å². The molecule has 342 valence electrons. The van der Waals surface area contributed by atoms with Gasteiger partial charge in [-0.3, -0.25) is 4.79 Å². The minimum Gasteiger partial charge on any atom is -0.459 e. The molecular weight excluding hydrogens is 833 g/mol. The maximum Gasteiger partial charge on any atom is 0.254 e. The molecule has 5 aromatic carbocycles. The van der Waals surface area contributed by atoms with E-state index in [2.05, 4.69) is 43.0 Å². The first kappa shape index (κ1) is 44.8. The smallest absolute Gasteiger partial charge is 0.254 e. The highest BCUT2D eigenvalue weighted by Gasteiger charge is 2.65. The van der Waals surface area contributed by atoms with Gasteiger partial charge in [-0.2, -0.15) is 0 Å². The summed E-state index contributed by atoms with van der Waals surface area (Å²) < 4.78 is 32.4. The fourth-order valence-electron chi connectivity index (χ4n) is 10.4. The van der Waals surface area contributed by atoms with E-state index < -0.39 is 17.7 Å². The summed E-state index contributed by atoms with van der Waals surface area (Å²) in [6.07, 6.45) is 8.95. The molecule has 0 radical (unpaired) electrons. The number of allylic oxidation sites excluding steroid dienone is 1. The fourth-order valence-corrected chi connectivity index (χ4v) is 10.4. The molecule has 5 aromatic rings. The van der Waals surface area contributed by atoms with Crippen molar-refractivity contribution in [2.24, 2.45) is 22.9 Å². The zero-order chi connectivity index (χ0) is 45.5. The molecule has 6 atom stereocenters. The summed E-state index contributed by atoms with van der Waals surface area (Å²) in [4.78, 5) is 22.8. The molecule has 1 fully saturated rings. The highest BCUT2D eigenvalue weighted by Crippen LogP contribution is 2.62. The number of likely N-dealkylation sites (N-methyl/N-ethyl adjacent to an activating group) is 1. The van der Waals surface area contributed by atoms with Gasteiger partial charge in [-0.05, 0) is 108 Å². The van der Waals surface area contributed by atoms with E-state index in [9.17, 15) is 15.0 Å². The number of carbonyl (C=O) groups is 1. The number of oxime groups is 1. The van der Waals surface area contributed by atoms with Crippen molar-refractivity contribution < 1.29 is 43.5 Å². The number of amides is 1. The topological polar surface area (TPSA) is 129 Å². The van der Waals surface area contributed by atoms with Gasteiger partial charge in [-0.1, -0.05) is 103 Å². The van der Waals surface area contributed by atoms with Gasteiger partial charge in [0.1, 0.15) is 29.9 Å². The van der Waals surface area contributed by atoms with E-state index in [1.165, 1.54) is 0 Å². The monoisotopic (exact) mass is 890 g/mol. The van der Waals surface area contributed by atoms with Crippen LogP contribution in [0.5, 0.6) is 28.7 Å². The normalized spacial score (nSPS) is 22.9. The molecule has 2 aliphatic heterocycles. The van der Waals surface area contributed by atoms with E-state index in [4.69, 9.17) is 33.7 Å². The third kappa shape index (κ3) is 9.20. The van der Waals surface area contributed by atoms with Crippen LogP contribution in [0.15, 0.2) is 151 Å². The molecule has 0 saturated heterocycles. The molecule has 1 amide bonds. The Morgan fingerprint density at radius 1 is 0.818 bits per heavy atom. The van der Waals surface area contributed by atoms with Gasteiger partial charge < -0.3 is 43.6 Å². The summed E-state index contributed by atoms with van der Waals surface area (Å²) in [5.74, 6) is 0.899. The Bertz CT molecular complexity index is 2530.